The minimum atomic E-state index is 0.0600. The quantitative estimate of drug-likeness (QED) is 0.703. The minimum absolute atomic E-state index is 0.0600. The molecule has 0 unspecified atom stereocenters. The summed E-state index contributed by atoms with van der Waals surface area (Å²) in [6.07, 6.45) is 9.72. The Kier molecular flexibility index (Phi) is 4.43. The lowest BCUT2D eigenvalue weighted by Gasteiger charge is -2.30. The van der Waals surface area contributed by atoms with Crippen LogP contribution >= 0.6 is 0 Å². The van der Waals surface area contributed by atoms with Crippen molar-refractivity contribution in [2.75, 3.05) is 31.1 Å². The first-order valence-corrected chi connectivity index (χ1v) is 10.1. The number of nitrogens with zero attached hydrogens (tertiary/aromatic N) is 6. The van der Waals surface area contributed by atoms with Crippen LogP contribution in [0.15, 0.2) is 42.9 Å². The molecule has 2 aliphatic heterocycles. The Morgan fingerprint density at radius 2 is 1.86 bits per heavy atom. The molecule has 0 atom stereocenters. The number of likely N-dealkylation sites (tertiary alicyclic amines) is 1. The molecule has 2 aliphatic rings. The highest BCUT2D eigenvalue weighted by atomic mass is 16.2. The molecule has 3 aromatic heterocycles. The molecule has 0 aliphatic carbocycles. The average Bonchev–Trinajstić information content (AvgIpc) is 3.43. The van der Waals surface area contributed by atoms with E-state index in [1.54, 1.807) is 18.5 Å². The number of carbonyl (C=O) groups is 1. The molecule has 7 nitrogen and oxygen atoms in total. The van der Waals surface area contributed by atoms with Gasteiger partial charge in [-0.3, -0.25) is 9.78 Å². The Morgan fingerprint density at radius 1 is 1.04 bits per heavy atom. The summed E-state index contributed by atoms with van der Waals surface area (Å²) in [6.45, 7) is 3.70. The summed E-state index contributed by atoms with van der Waals surface area (Å²) in [4.78, 5) is 25.7. The number of piperidine rings is 1. The Labute approximate surface area is 164 Å². The summed E-state index contributed by atoms with van der Waals surface area (Å²) in [5.41, 5.74) is 2.77. The number of anilines is 1. The van der Waals surface area contributed by atoms with Crippen molar-refractivity contribution in [3.63, 3.8) is 0 Å². The van der Waals surface area contributed by atoms with E-state index >= 15 is 0 Å². The first kappa shape index (κ1) is 17.2. The third-order valence-electron chi connectivity index (χ3n) is 5.86. The van der Waals surface area contributed by atoms with Gasteiger partial charge in [-0.2, -0.15) is 5.10 Å². The fourth-order valence-electron chi connectivity index (χ4n) is 4.24. The van der Waals surface area contributed by atoms with Gasteiger partial charge in [0.2, 0.25) is 0 Å². The van der Waals surface area contributed by atoms with Crippen molar-refractivity contribution >= 4 is 17.2 Å². The zero-order valence-electron chi connectivity index (χ0n) is 15.9. The van der Waals surface area contributed by atoms with Gasteiger partial charge in [0.25, 0.3) is 5.91 Å². The van der Waals surface area contributed by atoms with E-state index in [-0.39, 0.29) is 5.91 Å². The van der Waals surface area contributed by atoms with Gasteiger partial charge in [0, 0.05) is 44.5 Å². The average molecular weight is 376 g/mol. The van der Waals surface area contributed by atoms with Gasteiger partial charge in [-0.05, 0) is 49.9 Å². The Balaban J connectivity index is 1.28. The highest BCUT2D eigenvalue weighted by molar-refractivity contribution is 5.93. The Morgan fingerprint density at radius 3 is 2.61 bits per heavy atom. The molecule has 28 heavy (non-hydrogen) atoms. The molecule has 0 N–H and O–H groups in total. The van der Waals surface area contributed by atoms with Crippen molar-refractivity contribution in [1.29, 1.82) is 0 Å². The van der Waals surface area contributed by atoms with E-state index in [0.29, 0.717) is 11.5 Å². The van der Waals surface area contributed by atoms with Crippen molar-refractivity contribution in [2.45, 2.75) is 31.6 Å². The molecule has 5 heterocycles. The van der Waals surface area contributed by atoms with Crippen LogP contribution in [0.3, 0.4) is 0 Å². The van der Waals surface area contributed by atoms with E-state index in [0.717, 1.165) is 50.5 Å². The van der Waals surface area contributed by atoms with Gasteiger partial charge in [-0.1, -0.05) is 0 Å². The fraction of sp³-hybridized carbons (Fsp3) is 0.429. The van der Waals surface area contributed by atoms with Crippen LogP contribution < -0.4 is 4.90 Å². The molecular weight excluding hydrogens is 352 g/mol. The first-order chi connectivity index (χ1) is 13.8. The van der Waals surface area contributed by atoms with E-state index in [9.17, 15) is 4.79 Å². The number of fused-ring (bicyclic) bond motifs is 1. The largest absolute Gasteiger partial charge is 0.370 e. The fourth-order valence-corrected chi connectivity index (χ4v) is 4.24. The zero-order chi connectivity index (χ0) is 18.9. The van der Waals surface area contributed by atoms with E-state index in [1.807, 2.05) is 15.5 Å². The number of pyridine rings is 2. The second-order valence-electron chi connectivity index (χ2n) is 7.66. The second kappa shape index (κ2) is 7.22. The van der Waals surface area contributed by atoms with Crippen molar-refractivity contribution < 1.29 is 4.79 Å². The van der Waals surface area contributed by atoms with Crippen LogP contribution in [-0.4, -0.2) is 56.6 Å². The van der Waals surface area contributed by atoms with Gasteiger partial charge in [-0.25, -0.2) is 9.50 Å². The maximum absolute atomic E-state index is 12.6. The molecule has 5 rings (SSSR count). The molecule has 1 amide bonds. The van der Waals surface area contributed by atoms with Crippen LogP contribution in [0.25, 0.3) is 5.65 Å². The van der Waals surface area contributed by atoms with Gasteiger partial charge in [-0.15, -0.1) is 0 Å². The zero-order valence-corrected chi connectivity index (χ0v) is 15.9. The van der Waals surface area contributed by atoms with Crippen LogP contribution in [0.4, 0.5) is 5.69 Å². The first-order valence-electron chi connectivity index (χ1n) is 10.1. The molecule has 144 valence electrons. The minimum Gasteiger partial charge on any atom is -0.370 e. The Hall–Kier alpha value is -2.96. The van der Waals surface area contributed by atoms with Crippen LogP contribution in [0, 0.1) is 0 Å². The molecule has 2 saturated heterocycles. The summed E-state index contributed by atoms with van der Waals surface area (Å²) < 4.78 is 1.91. The smallest absolute Gasteiger partial charge is 0.255 e. The lowest BCUT2D eigenvalue weighted by molar-refractivity contribution is 0.0710. The third-order valence-corrected chi connectivity index (χ3v) is 5.86. The SMILES string of the molecule is O=C(c1cccnc1)N1CCC(c2nc3ccc(N4CCCC4)cn3n2)CC1. The molecule has 0 aromatic carbocycles. The van der Waals surface area contributed by atoms with Gasteiger partial charge in [0.15, 0.2) is 11.5 Å². The topological polar surface area (TPSA) is 66.6 Å². The molecule has 0 spiro atoms. The summed E-state index contributed by atoms with van der Waals surface area (Å²) in [5.74, 6) is 1.25. The molecule has 3 aromatic rings. The van der Waals surface area contributed by atoms with Gasteiger partial charge < -0.3 is 9.80 Å². The summed E-state index contributed by atoms with van der Waals surface area (Å²) in [7, 11) is 0. The standard InChI is InChI=1S/C21H24N6O/c28-21(17-4-3-9-22-14-17)26-12-7-16(8-13-26)20-23-19-6-5-18(15-27(19)24-20)25-10-1-2-11-25/h3-6,9,14-16H,1-2,7-8,10-13H2. The molecule has 0 bridgehead atoms. The lowest BCUT2D eigenvalue weighted by atomic mass is 9.96. The van der Waals surface area contributed by atoms with E-state index in [2.05, 4.69) is 28.2 Å². The molecular formula is C21H24N6O. The number of carbonyl (C=O) groups excluding carboxylic acids is 1. The van der Waals surface area contributed by atoms with Crippen LogP contribution in [0.2, 0.25) is 0 Å². The monoisotopic (exact) mass is 376 g/mol. The van der Waals surface area contributed by atoms with Crippen LogP contribution in [-0.2, 0) is 0 Å². The summed E-state index contributed by atoms with van der Waals surface area (Å²) >= 11 is 0. The lowest BCUT2D eigenvalue weighted by Crippen LogP contribution is -2.38. The third kappa shape index (κ3) is 3.21. The number of hydrogen-bond acceptors (Lipinski definition) is 5. The highest BCUT2D eigenvalue weighted by Gasteiger charge is 2.27. The van der Waals surface area contributed by atoms with E-state index in [4.69, 9.17) is 10.1 Å². The van der Waals surface area contributed by atoms with E-state index < -0.39 is 0 Å². The summed E-state index contributed by atoms with van der Waals surface area (Å²) in [6, 6.07) is 7.83. The van der Waals surface area contributed by atoms with Gasteiger partial charge in [0.05, 0.1) is 17.4 Å². The van der Waals surface area contributed by atoms with Crippen LogP contribution in [0.5, 0.6) is 0 Å². The van der Waals surface area contributed by atoms with Gasteiger partial charge >= 0.3 is 0 Å². The van der Waals surface area contributed by atoms with Crippen molar-refractivity contribution in [2.24, 2.45) is 0 Å². The molecule has 0 radical (unpaired) electrons. The predicted octanol–water partition coefficient (Wildman–Crippen LogP) is 2.74. The van der Waals surface area contributed by atoms with Crippen molar-refractivity contribution in [1.82, 2.24) is 24.5 Å². The van der Waals surface area contributed by atoms with Crippen LogP contribution in [0.1, 0.15) is 47.8 Å². The van der Waals surface area contributed by atoms with E-state index in [1.165, 1.54) is 18.5 Å². The summed E-state index contributed by atoms with van der Waals surface area (Å²) in [5, 5.41) is 4.76. The number of rotatable bonds is 3. The van der Waals surface area contributed by atoms with Crippen molar-refractivity contribution in [3.05, 3.63) is 54.2 Å². The maximum Gasteiger partial charge on any atom is 0.255 e. The number of amides is 1. The second-order valence-corrected chi connectivity index (χ2v) is 7.66. The predicted molar refractivity (Wildman–Crippen MR) is 107 cm³/mol. The number of aromatic nitrogens is 4. The molecule has 0 saturated carbocycles. The van der Waals surface area contributed by atoms with Gasteiger partial charge in [0.1, 0.15) is 0 Å². The normalized spacial score (nSPS) is 18.1. The number of hydrogen-bond donors (Lipinski definition) is 0. The Bertz CT molecular complexity index is 971. The maximum atomic E-state index is 12.6. The molecule has 2 fully saturated rings. The van der Waals surface area contributed by atoms with Crippen molar-refractivity contribution in [3.8, 4) is 0 Å². The highest BCUT2D eigenvalue weighted by Crippen LogP contribution is 2.28. The molecule has 7 heteroatoms.